The summed E-state index contributed by atoms with van der Waals surface area (Å²) in [6.07, 6.45) is 0. The number of ether oxygens (including phenoxy) is 1. The first-order valence-electron chi connectivity index (χ1n) is 10.5. The van der Waals surface area contributed by atoms with Gasteiger partial charge < -0.3 is 14.7 Å². The number of fused-ring (bicyclic) bond motifs is 3. The maximum absolute atomic E-state index is 14.0. The summed E-state index contributed by atoms with van der Waals surface area (Å²) in [6.45, 7) is 1.86. The van der Waals surface area contributed by atoms with Crippen LogP contribution in [0, 0.1) is 16.6 Å². The molecular formula is C26H20FNO4. The standard InChI is InChI=1S/C26H20FNO4/c1-24-21-19-9-5-6-10-20(19)32-23(30)25(21,24)22(29)28(15-16-7-3-2-4-8-16)26(24,31)17-11-13-18(27)14-12-17/h2-14,21,31H,15H2,1H3/t21-,24-,25-,26?/m0/s1. The number of para-hydroxylation sites is 1. The number of halogens is 1. The molecule has 4 atom stereocenters. The lowest BCUT2D eigenvalue weighted by atomic mass is 9.82. The number of hydrogen-bond acceptors (Lipinski definition) is 4. The molecule has 3 aromatic carbocycles. The molecular weight excluding hydrogens is 409 g/mol. The molecule has 2 fully saturated rings. The van der Waals surface area contributed by atoms with Crippen LogP contribution in [0.25, 0.3) is 0 Å². The summed E-state index contributed by atoms with van der Waals surface area (Å²) >= 11 is 0. The summed E-state index contributed by atoms with van der Waals surface area (Å²) < 4.78 is 19.4. The molecule has 32 heavy (non-hydrogen) atoms. The minimum absolute atomic E-state index is 0.104. The van der Waals surface area contributed by atoms with Crippen molar-refractivity contribution >= 4 is 11.9 Å². The fraction of sp³-hybridized carbons (Fsp3) is 0.231. The van der Waals surface area contributed by atoms with Gasteiger partial charge in [0.1, 0.15) is 11.6 Å². The highest BCUT2D eigenvalue weighted by atomic mass is 19.1. The zero-order valence-electron chi connectivity index (χ0n) is 17.3. The molecule has 0 radical (unpaired) electrons. The molecule has 1 N–H and O–H groups in total. The second-order valence-electron chi connectivity index (χ2n) is 8.93. The van der Waals surface area contributed by atoms with Crippen LogP contribution in [-0.4, -0.2) is 21.9 Å². The van der Waals surface area contributed by atoms with Gasteiger partial charge in [0.25, 0.3) is 0 Å². The SMILES string of the molecule is C[C@]12[C@@H]3c4ccccc4OC(=O)[C@@]31C(=O)N(Cc1ccccc1)C2(O)c1ccc(F)cc1. The summed E-state index contributed by atoms with van der Waals surface area (Å²) in [4.78, 5) is 28.7. The molecule has 1 unspecified atom stereocenters. The van der Waals surface area contributed by atoms with Crippen LogP contribution in [0.3, 0.4) is 0 Å². The summed E-state index contributed by atoms with van der Waals surface area (Å²) in [5.41, 5.74) is -2.66. The first-order chi connectivity index (χ1) is 15.4. The van der Waals surface area contributed by atoms with Crippen molar-refractivity contribution in [2.45, 2.75) is 25.1 Å². The zero-order valence-corrected chi connectivity index (χ0v) is 17.3. The number of carbonyl (C=O) groups is 2. The van der Waals surface area contributed by atoms with Crippen molar-refractivity contribution in [2.24, 2.45) is 10.8 Å². The van der Waals surface area contributed by atoms with Gasteiger partial charge in [-0.3, -0.25) is 9.59 Å². The van der Waals surface area contributed by atoms with Crippen LogP contribution in [0.1, 0.15) is 29.5 Å². The van der Waals surface area contributed by atoms with E-state index < -0.39 is 40.2 Å². The van der Waals surface area contributed by atoms with Crippen LogP contribution in [0.5, 0.6) is 5.75 Å². The quantitative estimate of drug-likeness (QED) is 0.392. The Bertz CT molecular complexity index is 1280. The van der Waals surface area contributed by atoms with E-state index in [-0.39, 0.29) is 6.54 Å². The molecule has 1 amide bonds. The first-order valence-corrected chi connectivity index (χ1v) is 10.5. The number of hydrogen-bond donors (Lipinski definition) is 1. The zero-order chi connectivity index (χ0) is 22.3. The number of nitrogens with zero attached hydrogens (tertiary/aromatic N) is 1. The Labute approximate surface area is 184 Å². The van der Waals surface area contributed by atoms with Crippen molar-refractivity contribution in [1.29, 1.82) is 0 Å². The van der Waals surface area contributed by atoms with Crippen LogP contribution in [0.2, 0.25) is 0 Å². The van der Waals surface area contributed by atoms with E-state index in [0.717, 1.165) is 11.1 Å². The summed E-state index contributed by atoms with van der Waals surface area (Å²) in [5, 5.41) is 12.4. The lowest BCUT2D eigenvalue weighted by Crippen LogP contribution is -2.51. The van der Waals surface area contributed by atoms with Gasteiger partial charge in [0, 0.05) is 23.6 Å². The highest BCUT2D eigenvalue weighted by molar-refractivity contribution is 6.14. The van der Waals surface area contributed by atoms with Crippen LogP contribution in [0.4, 0.5) is 4.39 Å². The molecule has 2 heterocycles. The van der Waals surface area contributed by atoms with Crippen LogP contribution in [-0.2, 0) is 21.9 Å². The maximum Gasteiger partial charge on any atom is 0.328 e. The lowest BCUT2D eigenvalue weighted by Gasteiger charge is -2.41. The molecule has 6 rings (SSSR count). The Morgan fingerprint density at radius 3 is 2.34 bits per heavy atom. The van der Waals surface area contributed by atoms with E-state index in [4.69, 9.17) is 4.74 Å². The number of esters is 1. The highest BCUT2D eigenvalue weighted by Gasteiger charge is 2.96. The smallest absolute Gasteiger partial charge is 0.328 e. The molecule has 5 nitrogen and oxygen atoms in total. The summed E-state index contributed by atoms with van der Waals surface area (Å²) in [7, 11) is 0. The van der Waals surface area contributed by atoms with E-state index in [0.29, 0.717) is 11.3 Å². The van der Waals surface area contributed by atoms with Gasteiger partial charge in [-0.2, -0.15) is 0 Å². The molecule has 1 saturated carbocycles. The minimum atomic E-state index is -1.84. The average Bonchev–Trinajstić information content (AvgIpc) is 3.37. The number of aliphatic hydroxyl groups is 1. The number of rotatable bonds is 3. The monoisotopic (exact) mass is 429 g/mol. The highest BCUT2D eigenvalue weighted by Crippen LogP contribution is 2.86. The molecule has 0 bridgehead atoms. The molecule has 1 aliphatic carbocycles. The van der Waals surface area contributed by atoms with Crippen LogP contribution < -0.4 is 4.74 Å². The molecule has 6 heteroatoms. The Kier molecular flexibility index (Phi) is 3.63. The predicted octanol–water partition coefficient (Wildman–Crippen LogP) is 3.72. The van der Waals surface area contributed by atoms with Crippen molar-refractivity contribution in [2.75, 3.05) is 0 Å². The summed E-state index contributed by atoms with van der Waals surface area (Å²) in [6, 6.07) is 21.9. The lowest BCUT2D eigenvalue weighted by molar-refractivity contribution is -0.169. The Morgan fingerprint density at radius 2 is 1.62 bits per heavy atom. The van der Waals surface area contributed by atoms with Gasteiger partial charge in [0.2, 0.25) is 5.91 Å². The van der Waals surface area contributed by atoms with Crippen molar-refractivity contribution in [1.82, 2.24) is 4.90 Å². The topological polar surface area (TPSA) is 66.8 Å². The second-order valence-corrected chi connectivity index (χ2v) is 8.93. The summed E-state index contributed by atoms with van der Waals surface area (Å²) in [5.74, 6) is -1.70. The van der Waals surface area contributed by atoms with Gasteiger partial charge in [-0.15, -0.1) is 0 Å². The van der Waals surface area contributed by atoms with Crippen LogP contribution >= 0.6 is 0 Å². The second kappa shape index (κ2) is 6.04. The van der Waals surface area contributed by atoms with E-state index >= 15 is 0 Å². The van der Waals surface area contributed by atoms with Gasteiger partial charge in [0.15, 0.2) is 11.1 Å². The molecule has 0 aromatic heterocycles. The van der Waals surface area contributed by atoms with Crippen molar-refractivity contribution < 1.29 is 23.8 Å². The average molecular weight is 429 g/mol. The van der Waals surface area contributed by atoms with Gasteiger partial charge in [-0.05, 0) is 23.8 Å². The molecule has 3 aromatic rings. The fourth-order valence-corrected chi connectivity index (χ4v) is 6.12. The largest absolute Gasteiger partial charge is 0.425 e. The number of carbonyl (C=O) groups excluding carboxylic acids is 2. The molecule has 160 valence electrons. The third-order valence-corrected chi connectivity index (χ3v) is 7.63. The van der Waals surface area contributed by atoms with Crippen LogP contribution in [0.15, 0.2) is 78.9 Å². The third-order valence-electron chi connectivity index (χ3n) is 7.63. The molecule has 1 saturated heterocycles. The normalized spacial score (nSPS) is 32.1. The number of amides is 1. The van der Waals surface area contributed by atoms with Crippen molar-refractivity contribution in [3.63, 3.8) is 0 Å². The minimum Gasteiger partial charge on any atom is -0.425 e. The van der Waals surface area contributed by atoms with Crippen molar-refractivity contribution in [3.05, 3.63) is 101 Å². The van der Waals surface area contributed by atoms with Gasteiger partial charge >= 0.3 is 5.97 Å². The van der Waals surface area contributed by atoms with E-state index in [1.165, 1.54) is 29.2 Å². The van der Waals surface area contributed by atoms with Crippen molar-refractivity contribution in [3.8, 4) is 5.75 Å². The van der Waals surface area contributed by atoms with Gasteiger partial charge in [-0.25, -0.2) is 4.39 Å². The van der Waals surface area contributed by atoms with E-state index in [1.807, 2.05) is 42.5 Å². The van der Waals surface area contributed by atoms with E-state index in [9.17, 15) is 19.1 Å². The number of benzene rings is 3. The molecule has 1 spiro atoms. The Hall–Kier alpha value is -3.51. The first kappa shape index (κ1) is 19.2. The molecule has 3 aliphatic rings. The Morgan fingerprint density at radius 1 is 0.969 bits per heavy atom. The third kappa shape index (κ3) is 1.97. The molecule has 2 aliphatic heterocycles. The number of piperidine rings is 1. The van der Waals surface area contributed by atoms with Gasteiger partial charge in [-0.1, -0.05) is 67.6 Å². The fourth-order valence-electron chi connectivity index (χ4n) is 6.12. The van der Waals surface area contributed by atoms with E-state index in [2.05, 4.69) is 0 Å². The Balaban J connectivity index is 1.58. The van der Waals surface area contributed by atoms with E-state index in [1.54, 1.807) is 19.1 Å². The predicted molar refractivity (Wildman–Crippen MR) is 113 cm³/mol. The maximum atomic E-state index is 14.0. The number of likely N-dealkylation sites (tertiary alicyclic amines) is 1. The van der Waals surface area contributed by atoms with Gasteiger partial charge in [0.05, 0.1) is 5.41 Å².